The number of anilines is 2. The SMILES string of the molecule is O=C(Cc1ccc(OC(F)(F)F)cc1)Nc1ccc(NC(=O)N2CCCCCC2)cc1. The van der Waals surface area contributed by atoms with Gasteiger partial charge in [-0.3, -0.25) is 4.79 Å². The van der Waals surface area contributed by atoms with Crippen LogP contribution in [0.1, 0.15) is 31.2 Å². The Morgan fingerprint density at radius 3 is 1.94 bits per heavy atom. The van der Waals surface area contributed by atoms with E-state index in [9.17, 15) is 22.8 Å². The Morgan fingerprint density at radius 1 is 0.839 bits per heavy atom. The number of ether oxygens (including phenoxy) is 1. The summed E-state index contributed by atoms with van der Waals surface area (Å²) < 4.78 is 40.4. The molecule has 0 radical (unpaired) electrons. The van der Waals surface area contributed by atoms with Gasteiger partial charge in [0.15, 0.2) is 0 Å². The number of benzene rings is 2. The number of hydrogen-bond acceptors (Lipinski definition) is 3. The maximum atomic E-state index is 12.4. The van der Waals surface area contributed by atoms with Gasteiger partial charge in [0.05, 0.1) is 6.42 Å². The van der Waals surface area contributed by atoms with Crippen LogP contribution in [0.4, 0.5) is 29.3 Å². The summed E-state index contributed by atoms with van der Waals surface area (Å²) in [5.41, 5.74) is 1.73. The van der Waals surface area contributed by atoms with Gasteiger partial charge in [-0.05, 0) is 54.8 Å². The Kier molecular flexibility index (Phi) is 7.38. The third-order valence-electron chi connectivity index (χ3n) is 4.83. The number of halogens is 3. The number of amides is 3. The van der Waals surface area contributed by atoms with Crippen molar-refractivity contribution in [2.24, 2.45) is 0 Å². The zero-order valence-corrected chi connectivity index (χ0v) is 16.9. The van der Waals surface area contributed by atoms with Gasteiger partial charge in [-0.2, -0.15) is 0 Å². The number of nitrogens with zero attached hydrogens (tertiary/aromatic N) is 1. The van der Waals surface area contributed by atoms with Crippen molar-refractivity contribution in [2.45, 2.75) is 38.5 Å². The zero-order valence-electron chi connectivity index (χ0n) is 16.9. The highest BCUT2D eigenvalue weighted by atomic mass is 19.4. The molecule has 0 spiro atoms. The molecule has 3 rings (SSSR count). The second-order valence-electron chi connectivity index (χ2n) is 7.33. The van der Waals surface area contributed by atoms with Crippen LogP contribution in [0.15, 0.2) is 48.5 Å². The third-order valence-corrected chi connectivity index (χ3v) is 4.83. The fraction of sp³-hybridized carbons (Fsp3) is 0.364. The molecule has 1 saturated heterocycles. The summed E-state index contributed by atoms with van der Waals surface area (Å²) in [5.74, 6) is -0.652. The maximum absolute atomic E-state index is 12.4. The molecule has 0 unspecified atom stereocenters. The smallest absolute Gasteiger partial charge is 0.406 e. The molecule has 1 heterocycles. The molecule has 1 fully saturated rings. The van der Waals surface area contributed by atoms with Crippen molar-refractivity contribution in [1.82, 2.24) is 4.90 Å². The van der Waals surface area contributed by atoms with Crippen LogP contribution >= 0.6 is 0 Å². The first-order valence-electron chi connectivity index (χ1n) is 10.1. The van der Waals surface area contributed by atoms with Gasteiger partial charge in [-0.1, -0.05) is 25.0 Å². The fourth-order valence-electron chi connectivity index (χ4n) is 3.31. The largest absolute Gasteiger partial charge is 0.573 e. The molecular weight excluding hydrogens is 411 g/mol. The monoisotopic (exact) mass is 435 g/mol. The highest BCUT2D eigenvalue weighted by molar-refractivity contribution is 5.93. The van der Waals surface area contributed by atoms with Crippen LogP contribution in [-0.2, 0) is 11.2 Å². The predicted molar refractivity (Wildman–Crippen MR) is 111 cm³/mol. The first-order valence-corrected chi connectivity index (χ1v) is 10.1. The number of nitrogens with one attached hydrogen (secondary N) is 2. The number of hydrogen-bond donors (Lipinski definition) is 2. The lowest BCUT2D eigenvalue weighted by Crippen LogP contribution is -2.35. The Bertz CT molecular complexity index is 876. The molecule has 2 aromatic carbocycles. The van der Waals surface area contributed by atoms with Crippen LogP contribution < -0.4 is 15.4 Å². The molecule has 1 aliphatic heterocycles. The van der Waals surface area contributed by atoms with E-state index in [-0.39, 0.29) is 24.1 Å². The van der Waals surface area contributed by atoms with E-state index in [1.54, 1.807) is 24.3 Å². The lowest BCUT2D eigenvalue weighted by atomic mass is 10.1. The molecule has 2 N–H and O–H groups in total. The molecule has 1 aliphatic rings. The summed E-state index contributed by atoms with van der Waals surface area (Å²) in [6, 6.07) is 11.8. The van der Waals surface area contributed by atoms with E-state index in [0.29, 0.717) is 16.9 Å². The van der Waals surface area contributed by atoms with E-state index in [1.807, 2.05) is 4.90 Å². The molecule has 0 atom stereocenters. The average molecular weight is 435 g/mol. The van der Waals surface area contributed by atoms with Gasteiger partial charge in [0.1, 0.15) is 5.75 Å². The zero-order chi connectivity index (χ0) is 22.3. The fourth-order valence-corrected chi connectivity index (χ4v) is 3.31. The first kappa shape index (κ1) is 22.5. The minimum atomic E-state index is -4.75. The van der Waals surface area contributed by atoms with E-state index in [1.165, 1.54) is 12.1 Å². The highest BCUT2D eigenvalue weighted by Crippen LogP contribution is 2.23. The average Bonchev–Trinajstić information content (AvgIpc) is 2.99. The van der Waals surface area contributed by atoms with E-state index in [0.717, 1.165) is 50.9 Å². The summed E-state index contributed by atoms with van der Waals surface area (Å²) in [6.07, 6.45) is -0.447. The number of rotatable bonds is 5. The molecule has 0 aliphatic carbocycles. The minimum Gasteiger partial charge on any atom is -0.406 e. The van der Waals surface area contributed by atoms with Crippen LogP contribution in [0.25, 0.3) is 0 Å². The van der Waals surface area contributed by atoms with E-state index < -0.39 is 6.36 Å². The van der Waals surface area contributed by atoms with Gasteiger partial charge < -0.3 is 20.3 Å². The van der Waals surface area contributed by atoms with Gasteiger partial charge in [-0.15, -0.1) is 13.2 Å². The molecule has 166 valence electrons. The van der Waals surface area contributed by atoms with Crippen molar-refractivity contribution in [2.75, 3.05) is 23.7 Å². The van der Waals surface area contributed by atoms with Gasteiger partial charge >= 0.3 is 12.4 Å². The van der Waals surface area contributed by atoms with Crippen LogP contribution in [0, 0.1) is 0 Å². The highest BCUT2D eigenvalue weighted by Gasteiger charge is 2.30. The normalized spacial score (nSPS) is 14.5. The summed E-state index contributed by atoms with van der Waals surface area (Å²) in [6.45, 7) is 1.51. The minimum absolute atomic E-state index is 0.000253. The number of carbonyl (C=O) groups is 2. The molecule has 31 heavy (non-hydrogen) atoms. The Hall–Kier alpha value is -3.23. The van der Waals surface area contributed by atoms with E-state index >= 15 is 0 Å². The summed E-state index contributed by atoms with van der Waals surface area (Å²) in [7, 11) is 0. The predicted octanol–water partition coefficient (Wildman–Crippen LogP) is 5.17. The second kappa shape index (κ2) is 10.2. The van der Waals surface area contributed by atoms with Crippen molar-refractivity contribution in [3.05, 3.63) is 54.1 Å². The van der Waals surface area contributed by atoms with Gasteiger partial charge in [-0.25, -0.2) is 4.79 Å². The van der Waals surface area contributed by atoms with Crippen LogP contribution in [0.5, 0.6) is 5.75 Å². The quantitative estimate of drug-likeness (QED) is 0.680. The molecule has 9 heteroatoms. The number of carbonyl (C=O) groups excluding carboxylic acids is 2. The lowest BCUT2D eigenvalue weighted by molar-refractivity contribution is -0.274. The molecular formula is C22H24F3N3O3. The first-order chi connectivity index (χ1) is 14.8. The maximum Gasteiger partial charge on any atom is 0.573 e. The topological polar surface area (TPSA) is 70.7 Å². The Morgan fingerprint density at radius 2 is 1.39 bits per heavy atom. The number of likely N-dealkylation sites (tertiary alicyclic amines) is 1. The van der Waals surface area contributed by atoms with Crippen LogP contribution in [-0.4, -0.2) is 36.3 Å². The summed E-state index contributed by atoms with van der Waals surface area (Å²) >= 11 is 0. The van der Waals surface area contributed by atoms with Gasteiger partial charge in [0, 0.05) is 24.5 Å². The van der Waals surface area contributed by atoms with E-state index in [2.05, 4.69) is 15.4 Å². The summed E-state index contributed by atoms with van der Waals surface area (Å²) in [5, 5.41) is 5.59. The van der Waals surface area contributed by atoms with Crippen LogP contribution in [0.3, 0.4) is 0 Å². The molecule has 3 amide bonds. The van der Waals surface area contributed by atoms with Crippen molar-refractivity contribution in [3.63, 3.8) is 0 Å². The van der Waals surface area contributed by atoms with Gasteiger partial charge in [0.25, 0.3) is 0 Å². The molecule has 2 aromatic rings. The number of alkyl halides is 3. The lowest BCUT2D eigenvalue weighted by Gasteiger charge is -2.20. The second-order valence-corrected chi connectivity index (χ2v) is 7.33. The third kappa shape index (κ3) is 7.51. The number of urea groups is 1. The molecule has 0 saturated carbocycles. The molecule has 6 nitrogen and oxygen atoms in total. The summed E-state index contributed by atoms with van der Waals surface area (Å²) in [4.78, 5) is 26.4. The van der Waals surface area contributed by atoms with Crippen molar-refractivity contribution >= 4 is 23.3 Å². The van der Waals surface area contributed by atoms with Crippen molar-refractivity contribution in [3.8, 4) is 5.75 Å². The van der Waals surface area contributed by atoms with Crippen LogP contribution in [0.2, 0.25) is 0 Å². The van der Waals surface area contributed by atoms with E-state index in [4.69, 9.17) is 0 Å². The van der Waals surface area contributed by atoms with Crippen molar-refractivity contribution in [1.29, 1.82) is 0 Å². The van der Waals surface area contributed by atoms with Crippen molar-refractivity contribution < 1.29 is 27.5 Å². The Labute approximate surface area is 178 Å². The van der Waals surface area contributed by atoms with Gasteiger partial charge in [0.2, 0.25) is 5.91 Å². The molecule has 0 aromatic heterocycles. The standard InChI is InChI=1S/C22H24F3N3O3/c23-22(24,25)31-19-11-5-16(6-12-19)15-20(29)26-17-7-9-18(10-8-17)27-21(30)28-13-3-1-2-4-14-28/h5-12H,1-4,13-15H2,(H,26,29)(H,27,30). The molecule has 0 bridgehead atoms. The Balaban J connectivity index is 1.48.